The Kier molecular flexibility index (Phi) is 2.01. The smallest absolute Gasteiger partial charge is 0.259 e. The Bertz CT molecular complexity index is 533. The van der Waals surface area contributed by atoms with Crippen molar-refractivity contribution in [3.05, 3.63) is 29.3 Å². The van der Waals surface area contributed by atoms with Gasteiger partial charge < -0.3 is 9.69 Å². The minimum Gasteiger partial charge on any atom is -0.370 e. The van der Waals surface area contributed by atoms with Crippen LogP contribution in [0.25, 0.3) is 0 Å². The molecule has 2 heterocycles. The van der Waals surface area contributed by atoms with Gasteiger partial charge >= 0.3 is 0 Å². The van der Waals surface area contributed by atoms with Crippen LogP contribution in [0.2, 0.25) is 0 Å². The van der Waals surface area contributed by atoms with E-state index >= 15 is 0 Å². The van der Waals surface area contributed by atoms with Gasteiger partial charge in [-0.1, -0.05) is 0 Å². The number of carbonyl (C=O) groups is 3. The van der Waals surface area contributed by atoms with E-state index in [4.69, 9.17) is 0 Å². The van der Waals surface area contributed by atoms with Gasteiger partial charge in [0.2, 0.25) is 0 Å². The van der Waals surface area contributed by atoms with E-state index in [0.29, 0.717) is 24.2 Å². The topological polar surface area (TPSA) is 66.5 Å². The maximum atomic E-state index is 11.5. The first-order valence-corrected chi connectivity index (χ1v) is 5.39. The number of hydrogen-bond donors (Lipinski definition) is 1. The molecule has 2 aliphatic rings. The van der Waals surface area contributed by atoms with Gasteiger partial charge in [0.15, 0.2) is 0 Å². The number of benzene rings is 1. The van der Waals surface area contributed by atoms with E-state index in [2.05, 4.69) is 5.32 Å². The van der Waals surface area contributed by atoms with E-state index in [1.807, 2.05) is 4.90 Å². The van der Waals surface area contributed by atoms with Gasteiger partial charge in [0.25, 0.3) is 11.8 Å². The molecule has 0 saturated carbocycles. The first-order valence-electron chi connectivity index (χ1n) is 5.39. The number of fused-ring (bicyclic) bond motifs is 1. The normalized spacial score (nSPS) is 18.7. The fraction of sp³-hybridized carbons (Fsp3) is 0.250. The Morgan fingerprint density at radius 1 is 1.18 bits per heavy atom. The lowest BCUT2D eigenvalue weighted by atomic mass is 9.99. The van der Waals surface area contributed by atoms with Crippen molar-refractivity contribution in [3.63, 3.8) is 0 Å². The standard InChI is InChI=1S/C12H10N2O3/c15-6-7-4-14(5-7)8-1-2-9-10(3-8)12(17)13-11(9)16/h1-3,6-7H,4-5H2,(H,13,16,17). The molecule has 86 valence electrons. The van der Waals surface area contributed by atoms with E-state index in [0.717, 1.165) is 12.0 Å². The Morgan fingerprint density at radius 3 is 2.59 bits per heavy atom. The molecule has 1 saturated heterocycles. The number of anilines is 1. The van der Waals surface area contributed by atoms with Crippen LogP contribution in [-0.4, -0.2) is 31.2 Å². The number of nitrogens with zero attached hydrogens (tertiary/aromatic N) is 1. The lowest BCUT2D eigenvalue weighted by molar-refractivity contribution is -0.111. The van der Waals surface area contributed by atoms with Crippen molar-refractivity contribution in [1.82, 2.24) is 5.32 Å². The van der Waals surface area contributed by atoms with Crippen LogP contribution in [0.4, 0.5) is 5.69 Å². The van der Waals surface area contributed by atoms with Crippen molar-refractivity contribution in [3.8, 4) is 0 Å². The molecule has 1 fully saturated rings. The third-order valence-electron chi connectivity index (χ3n) is 3.19. The highest BCUT2D eigenvalue weighted by molar-refractivity contribution is 6.21. The van der Waals surface area contributed by atoms with Crippen LogP contribution in [0.15, 0.2) is 18.2 Å². The third kappa shape index (κ3) is 1.43. The van der Waals surface area contributed by atoms with Crippen molar-refractivity contribution < 1.29 is 14.4 Å². The van der Waals surface area contributed by atoms with E-state index < -0.39 is 0 Å². The number of amides is 2. The summed E-state index contributed by atoms with van der Waals surface area (Å²) in [6.45, 7) is 1.36. The summed E-state index contributed by atoms with van der Waals surface area (Å²) >= 11 is 0. The number of nitrogens with one attached hydrogen (secondary N) is 1. The number of imide groups is 1. The first-order chi connectivity index (χ1) is 8.19. The van der Waals surface area contributed by atoms with Gasteiger partial charge in [0, 0.05) is 24.7 Å². The SMILES string of the molecule is O=CC1CN(c2ccc3c(c2)C(=O)NC3=O)C1. The zero-order chi connectivity index (χ0) is 12.0. The lowest BCUT2D eigenvalue weighted by Gasteiger charge is -2.38. The number of aldehydes is 1. The summed E-state index contributed by atoms with van der Waals surface area (Å²) in [6.07, 6.45) is 0.945. The molecule has 0 aromatic heterocycles. The minimum absolute atomic E-state index is 0.0821. The minimum atomic E-state index is -0.348. The third-order valence-corrected chi connectivity index (χ3v) is 3.19. The van der Waals surface area contributed by atoms with Gasteiger partial charge in [-0.3, -0.25) is 14.9 Å². The summed E-state index contributed by atoms with van der Waals surface area (Å²) in [7, 11) is 0. The molecule has 0 bridgehead atoms. The molecule has 0 atom stereocenters. The second-order valence-electron chi connectivity index (χ2n) is 4.31. The van der Waals surface area contributed by atoms with Gasteiger partial charge in [-0.25, -0.2) is 0 Å². The predicted octanol–water partition coefficient (Wildman–Crippen LogP) is 0.205. The van der Waals surface area contributed by atoms with E-state index in [1.165, 1.54) is 0 Å². The zero-order valence-corrected chi connectivity index (χ0v) is 8.97. The fourth-order valence-electron chi connectivity index (χ4n) is 2.16. The molecule has 1 N–H and O–H groups in total. The number of rotatable bonds is 2. The van der Waals surface area contributed by atoms with Gasteiger partial charge in [-0.2, -0.15) is 0 Å². The highest BCUT2D eigenvalue weighted by Gasteiger charge is 2.30. The highest BCUT2D eigenvalue weighted by Crippen LogP contribution is 2.27. The molecule has 1 aromatic rings. The first kappa shape index (κ1) is 10.0. The van der Waals surface area contributed by atoms with Gasteiger partial charge in [0.1, 0.15) is 6.29 Å². The summed E-state index contributed by atoms with van der Waals surface area (Å²) in [5.74, 6) is -0.607. The largest absolute Gasteiger partial charge is 0.370 e. The zero-order valence-electron chi connectivity index (χ0n) is 8.97. The molecule has 0 unspecified atom stereocenters. The predicted molar refractivity (Wildman–Crippen MR) is 60.0 cm³/mol. The summed E-state index contributed by atoms with van der Waals surface area (Å²) in [4.78, 5) is 35.3. The number of carbonyl (C=O) groups excluding carboxylic acids is 3. The molecule has 2 amide bonds. The molecule has 0 radical (unpaired) electrons. The van der Waals surface area contributed by atoms with Gasteiger partial charge in [0.05, 0.1) is 11.1 Å². The maximum absolute atomic E-state index is 11.5. The Labute approximate surface area is 97.4 Å². The van der Waals surface area contributed by atoms with E-state index in [9.17, 15) is 14.4 Å². The quantitative estimate of drug-likeness (QED) is 0.582. The molecule has 0 spiro atoms. The second kappa shape index (κ2) is 3.41. The van der Waals surface area contributed by atoms with Crippen molar-refractivity contribution in [2.45, 2.75) is 0 Å². The average Bonchev–Trinajstić information content (AvgIpc) is 2.53. The summed E-state index contributed by atoms with van der Waals surface area (Å²) < 4.78 is 0. The Hall–Kier alpha value is -2.17. The molecule has 5 nitrogen and oxygen atoms in total. The molecule has 2 aliphatic heterocycles. The second-order valence-corrected chi connectivity index (χ2v) is 4.31. The maximum Gasteiger partial charge on any atom is 0.259 e. The lowest BCUT2D eigenvalue weighted by Crippen LogP contribution is -2.47. The van der Waals surface area contributed by atoms with Crippen LogP contribution in [-0.2, 0) is 4.79 Å². The van der Waals surface area contributed by atoms with Crippen molar-refractivity contribution in [2.75, 3.05) is 18.0 Å². The molecule has 3 rings (SSSR count). The van der Waals surface area contributed by atoms with Crippen LogP contribution in [0.1, 0.15) is 20.7 Å². The molecule has 0 aliphatic carbocycles. The van der Waals surface area contributed by atoms with E-state index in [1.54, 1.807) is 18.2 Å². The van der Waals surface area contributed by atoms with Gasteiger partial charge in [-0.15, -0.1) is 0 Å². The summed E-state index contributed by atoms with van der Waals surface area (Å²) in [6, 6.07) is 5.16. The fourth-order valence-corrected chi connectivity index (χ4v) is 2.16. The summed E-state index contributed by atoms with van der Waals surface area (Å²) in [5.41, 5.74) is 1.72. The van der Waals surface area contributed by atoms with Crippen LogP contribution in [0.3, 0.4) is 0 Å². The van der Waals surface area contributed by atoms with Crippen molar-refractivity contribution in [2.24, 2.45) is 5.92 Å². The van der Waals surface area contributed by atoms with Gasteiger partial charge in [-0.05, 0) is 18.2 Å². The molecule has 1 aromatic carbocycles. The molecular formula is C12H10N2O3. The summed E-state index contributed by atoms with van der Waals surface area (Å²) in [5, 5.41) is 2.25. The van der Waals surface area contributed by atoms with Crippen molar-refractivity contribution in [1.29, 1.82) is 0 Å². The molecule has 17 heavy (non-hydrogen) atoms. The van der Waals surface area contributed by atoms with Crippen LogP contribution < -0.4 is 10.2 Å². The Balaban J connectivity index is 1.90. The van der Waals surface area contributed by atoms with Crippen LogP contribution >= 0.6 is 0 Å². The Morgan fingerprint density at radius 2 is 1.88 bits per heavy atom. The van der Waals surface area contributed by atoms with E-state index in [-0.39, 0.29) is 17.7 Å². The van der Waals surface area contributed by atoms with Crippen LogP contribution in [0, 0.1) is 5.92 Å². The van der Waals surface area contributed by atoms with Crippen molar-refractivity contribution >= 4 is 23.8 Å². The molecular weight excluding hydrogens is 220 g/mol. The average molecular weight is 230 g/mol. The van der Waals surface area contributed by atoms with Crippen LogP contribution in [0.5, 0.6) is 0 Å². The highest BCUT2D eigenvalue weighted by atomic mass is 16.2. The monoisotopic (exact) mass is 230 g/mol. The molecule has 5 heteroatoms. The number of hydrogen-bond acceptors (Lipinski definition) is 4.